The van der Waals surface area contributed by atoms with Crippen LogP contribution in [0.1, 0.15) is 46.9 Å². The third-order valence-corrected chi connectivity index (χ3v) is 5.14. The van der Waals surface area contributed by atoms with E-state index < -0.39 is 0 Å². The Morgan fingerprint density at radius 1 is 1.15 bits per heavy atom. The standard InChI is InChI=1S/C22H23N3O2/c1-13(2)14-4-7-16(8-5-14)23-22(26)21-19-10-6-15-12-17(27-3)9-11-18(15)20(19)24-25-21/h4-5,7-9,11-13H,6,10H2,1-3H3,(H,23,26)(H,24,25). The summed E-state index contributed by atoms with van der Waals surface area (Å²) in [5.41, 5.74) is 6.67. The number of anilines is 1. The van der Waals surface area contributed by atoms with Gasteiger partial charge in [-0.05, 0) is 60.2 Å². The number of aromatic nitrogens is 2. The fraction of sp³-hybridized carbons (Fsp3) is 0.273. The molecule has 5 nitrogen and oxygen atoms in total. The number of methoxy groups -OCH3 is 1. The summed E-state index contributed by atoms with van der Waals surface area (Å²) < 4.78 is 5.31. The third kappa shape index (κ3) is 3.21. The number of fused-ring (bicyclic) bond motifs is 3. The van der Waals surface area contributed by atoms with Crippen LogP contribution in [0.5, 0.6) is 5.75 Å². The van der Waals surface area contributed by atoms with E-state index in [2.05, 4.69) is 29.4 Å². The second-order valence-corrected chi connectivity index (χ2v) is 7.18. The zero-order chi connectivity index (χ0) is 19.0. The minimum atomic E-state index is -0.155. The smallest absolute Gasteiger partial charge is 0.273 e. The second-order valence-electron chi connectivity index (χ2n) is 7.18. The maximum atomic E-state index is 12.8. The Kier molecular flexibility index (Phi) is 4.44. The number of carbonyl (C=O) groups is 1. The number of rotatable bonds is 4. The summed E-state index contributed by atoms with van der Waals surface area (Å²) in [6, 6.07) is 14.0. The normalized spacial score (nSPS) is 12.4. The van der Waals surface area contributed by atoms with Crippen molar-refractivity contribution in [2.24, 2.45) is 0 Å². The molecule has 0 atom stereocenters. The van der Waals surface area contributed by atoms with Crippen LogP contribution in [0, 0.1) is 0 Å². The van der Waals surface area contributed by atoms with Crippen molar-refractivity contribution in [3.8, 4) is 17.0 Å². The molecule has 0 fully saturated rings. The second kappa shape index (κ2) is 6.91. The maximum Gasteiger partial charge on any atom is 0.273 e. The number of ether oxygens (including phenoxy) is 1. The van der Waals surface area contributed by atoms with E-state index in [9.17, 15) is 4.79 Å². The van der Waals surface area contributed by atoms with Gasteiger partial charge < -0.3 is 10.1 Å². The van der Waals surface area contributed by atoms with Gasteiger partial charge in [-0.15, -0.1) is 0 Å². The van der Waals surface area contributed by atoms with Gasteiger partial charge in [-0.1, -0.05) is 26.0 Å². The van der Waals surface area contributed by atoms with Crippen LogP contribution in [-0.2, 0) is 12.8 Å². The molecule has 1 aromatic heterocycles. The molecule has 0 radical (unpaired) electrons. The van der Waals surface area contributed by atoms with Crippen LogP contribution < -0.4 is 10.1 Å². The van der Waals surface area contributed by atoms with Crippen LogP contribution in [0.15, 0.2) is 42.5 Å². The molecule has 2 N–H and O–H groups in total. The van der Waals surface area contributed by atoms with Crippen LogP contribution in [0.25, 0.3) is 11.3 Å². The van der Waals surface area contributed by atoms with E-state index in [-0.39, 0.29) is 5.91 Å². The molecule has 1 aliphatic rings. The molecule has 0 bridgehead atoms. The molecular weight excluding hydrogens is 338 g/mol. The quantitative estimate of drug-likeness (QED) is 0.716. The fourth-order valence-electron chi connectivity index (χ4n) is 3.56. The Hall–Kier alpha value is -3.08. The predicted molar refractivity (Wildman–Crippen MR) is 106 cm³/mol. The van der Waals surface area contributed by atoms with Gasteiger partial charge >= 0.3 is 0 Å². The highest BCUT2D eigenvalue weighted by Gasteiger charge is 2.25. The van der Waals surface area contributed by atoms with Crippen molar-refractivity contribution in [3.63, 3.8) is 0 Å². The Balaban J connectivity index is 1.59. The summed E-state index contributed by atoms with van der Waals surface area (Å²) in [5, 5.41) is 10.3. The number of hydrogen-bond donors (Lipinski definition) is 2. The minimum Gasteiger partial charge on any atom is -0.497 e. The van der Waals surface area contributed by atoms with E-state index in [4.69, 9.17) is 4.74 Å². The zero-order valence-electron chi connectivity index (χ0n) is 15.8. The topological polar surface area (TPSA) is 67.0 Å². The summed E-state index contributed by atoms with van der Waals surface area (Å²) in [5.74, 6) is 1.15. The van der Waals surface area contributed by atoms with Crippen molar-refractivity contribution in [3.05, 3.63) is 64.8 Å². The molecule has 1 amide bonds. The molecule has 0 spiro atoms. The largest absolute Gasteiger partial charge is 0.497 e. The maximum absolute atomic E-state index is 12.8. The molecular formula is C22H23N3O2. The number of aryl methyl sites for hydroxylation is 1. The number of aromatic amines is 1. The number of H-pyrrole nitrogens is 1. The predicted octanol–water partition coefficient (Wildman–Crippen LogP) is 4.56. The highest BCUT2D eigenvalue weighted by Crippen LogP contribution is 2.35. The lowest BCUT2D eigenvalue weighted by atomic mass is 9.89. The lowest BCUT2D eigenvalue weighted by molar-refractivity contribution is 0.102. The SMILES string of the molecule is COc1ccc2c(c1)CCc1c-2n[nH]c1C(=O)Nc1ccc(C(C)C)cc1. The first kappa shape index (κ1) is 17.3. The molecule has 0 aliphatic heterocycles. The number of benzene rings is 2. The highest BCUT2D eigenvalue weighted by molar-refractivity contribution is 6.05. The Labute approximate surface area is 158 Å². The molecule has 3 aromatic rings. The van der Waals surface area contributed by atoms with Crippen molar-refractivity contribution in [1.82, 2.24) is 10.2 Å². The molecule has 4 rings (SSSR count). The first-order valence-corrected chi connectivity index (χ1v) is 9.22. The first-order chi connectivity index (χ1) is 13.1. The van der Waals surface area contributed by atoms with Gasteiger partial charge in [0.1, 0.15) is 11.4 Å². The molecule has 2 aromatic carbocycles. The number of nitrogens with one attached hydrogen (secondary N) is 2. The van der Waals surface area contributed by atoms with Gasteiger partial charge in [0.25, 0.3) is 5.91 Å². The minimum absolute atomic E-state index is 0.155. The highest BCUT2D eigenvalue weighted by atomic mass is 16.5. The zero-order valence-corrected chi connectivity index (χ0v) is 15.8. The molecule has 138 valence electrons. The van der Waals surface area contributed by atoms with Gasteiger partial charge in [0, 0.05) is 16.8 Å². The van der Waals surface area contributed by atoms with Gasteiger partial charge in [0.15, 0.2) is 0 Å². The van der Waals surface area contributed by atoms with E-state index in [1.165, 1.54) is 11.1 Å². The Morgan fingerprint density at radius 3 is 2.63 bits per heavy atom. The van der Waals surface area contributed by atoms with Crippen molar-refractivity contribution in [1.29, 1.82) is 0 Å². The number of amides is 1. The van der Waals surface area contributed by atoms with E-state index in [0.717, 1.165) is 41.1 Å². The number of carbonyl (C=O) groups excluding carboxylic acids is 1. The van der Waals surface area contributed by atoms with Crippen LogP contribution in [-0.4, -0.2) is 23.2 Å². The Morgan fingerprint density at radius 2 is 1.93 bits per heavy atom. The first-order valence-electron chi connectivity index (χ1n) is 9.22. The summed E-state index contributed by atoms with van der Waals surface area (Å²) in [4.78, 5) is 12.8. The van der Waals surface area contributed by atoms with Crippen molar-refractivity contribution >= 4 is 11.6 Å². The molecule has 0 saturated carbocycles. The lowest BCUT2D eigenvalue weighted by Gasteiger charge is -2.17. The van der Waals surface area contributed by atoms with E-state index in [1.54, 1.807) is 7.11 Å². The molecule has 1 aliphatic carbocycles. The number of nitrogens with zero attached hydrogens (tertiary/aromatic N) is 1. The van der Waals surface area contributed by atoms with Crippen LogP contribution in [0.3, 0.4) is 0 Å². The molecule has 1 heterocycles. The average Bonchev–Trinajstić information content (AvgIpc) is 3.12. The summed E-state index contributed by atoms with van der Waals surface area (Å²) in [6.07, 6.45) is 1.64. The Bertz CT molecular complexity index is 987. The van der Waals surface area contributed by atoms with Crippen molar-refractivity contribution < 1.29 is 9.53 Å². The van der Waals surface area contributed by atoms with Gasteiger partial charge in [-0.3, -0.25) is 9.89 Å². The molecule has 0 saturated heterocycles. The lowest BCUT2D eigenvalue weighted by Crippen LogP contribution is -2.15. The van der Waals surface area contributed by atoms with Crippen molar-refractivity contribution in [2.75, 3.05) is 12.4 Å². The van der Waals surface area contributed by atoms with Crippen LogP contribution in [0.2, 0.25) is 0 Å². The van der Waals surface area contributed by atoms with Gasteiger partial charge in [-0.25, -0.2) is 0 Å². The van der Waals surface area contributed by atoms with Crippen LogP contribution in [0.4, 0.5) is 5.69 Å². The summed E-state index contributed by atoms with van der Waals surface area (Å²) in [6.45, 7) is 4.30. The molecule has 27 heavy (non-hydrogen) atoms. The fourth-order valence-corrected chi connectivity index (χ4v) is 3.56. The number of hydrogen-bond acceptors (Lipinski definition) is 3. The van der Waals surface area contributed by atoms with E-state index in [1.807, 2.05) is 42.5 Å². The summed E-state index contributed by atoms with van der Waals surface area (Å²) in [7, 11) is 1.67. The average molecular weight is 361 g/mol. The monoisotopic (exact) mass is 361 g/mol. The molecule has 0 unspecified atom stereocenters. The van der Waals surface area contributed by atoms with Gasteiger partial charge in [-0.2, -0.15) is 5.10 Å². The van der Waals surface area contributed by atoms with Gasteiger partial charge in [0.2, 0.25) is 0 Å². The third-order valence-electron chi connectivity index (χ3n) is 5.14. The summed E-state index contributed by atoms with van der Waals surface area (Å²) >= 11 is 0. The molecule has 5 heteroatoms. The van der Waals surface area contributed by atoms with E-state index >= 15 is 0 Å². The van der Waals surface area contributed by atoms with Crippen LogP contribution >= 0.6 is 0 Å². The van der Waals surface area contributed by atoms with E-state index in [0.29, 0.717) is 11.6 Å². The van der Waals surface area contributed by atoms with Crippen molar-refractivity contribution in [2.45, 2.75) is 32.6 Å². The van der Waals surface area contributed by atoms with Gasteiger partial charge in [0.05, 0.1) is 12.8 Å².